The van der Waals surface area contributed by atoms with Gasteiger partial charge in [0.25, 0.3) is 5.91 Å². The fourth-order valence-corrected chi connectivity index (χ4v) is 4.53. The molecule has 1 atom stereocenters. The van der Waals surface area contributed by atoms with Crippen LogP contribution in [0.4, 0.5) is 4.39 Å². The molecular weight excluding hydrogens is 311 g/mol. The molecular formula is C18H23FN2O3. The number of carbonyl (C=O) groups is 1. The van der Waals surface area contributed by atoms with E-state index in [4.69, 9.17) is 9.94 Å². The molecule has 0 bridgehead atoms. The minimum absolute atomic E-state index is 0.172. The third-order valence-electron chi connectivity index (χ3n) is 5.93. The van der Waals surface area contributed by atoms with Crippen LogP contribution in [-0.2, 0) is 17.7 Å². The predicted octanol–water partition coefficient (Wildman–Crippen LogP) is 2.26. The van der Waals surface area contributed by atoms with E-state index in [0.717, 1.165) is 38.2 Å². The molecule has 4 rings (SSSR count). The van der Waals surface area contributed by atoms with Crippen LogP contribution in [0, 0.1) is 11.2 Å². The first-order chi connectivity index (χ1) is 11.6. The van der Waals surface area contributed by atoms with Crippen molar-refractivity contribution in [2.75, 3.05) is 19.8 Å². The first-order valence-electron chi connectivity index (χ1n) is 8.68. The molecule has 1 aromatic rings. The highest BCUT2D eigenvalue weighted by Gasteiger charge is 2.44. The molecule has 0 aromatic heterocycles. The van der Waals surface area contributed by atoms with Gasteiger partial charge in [-0.1, -0.05) is 6.42 Å². The summed E-state index contributed by atoms with van der Waals surface area (Å²) in [6.07, 6.45) is 5.52. The number of hydrogen-bond acceptors (Lipinski definition) is 4. The van der Waals surface area contributed by atoms with Gasteiger partial charge in [0.2, 0.25) is 0 Å². The highest BCUT2D eigenvalue weighted by atomic mass is 19.1. The Morgan fingerprint density at radius 2 is 2.25 bits per heavy atom. The van der Waals surface area contributed by atoms with E-state index in [9.17, 15) is 9.18 Å². The van der Waals surface area contributed by atoms with E-state index in [1.165, 1.54) is 25.3 Å². The molecule has 6 heteroatoms. The van der Waals surface area contributed by atoms with Crippen LogP contribution in [0.2, 0.25) is 0 Å². The van der Waals surface area contributed by atoms with Crippen LogP contribution < -0.4 is 5.48 Å². The zero-order valence-corrected chi connectivity index (χ0v) is 13.7. The topological polar surface area (TPSA) is 61.8 Å². The lowest BCUT2D eigenvalue weighted by Gasteiger charge is -2.50. The molecule has 1 aromatic carbocycles. The van der Waals surface area contributed by atoms with Gasteiger partial charge in [-0.25, -0.2) is 9.87 Å². The van der Waals surface area contributed by atoms with Crippen LogP contribution in [0.5, 0.6) is 0 Å². The molecule has 1 aliphatic carbocycles. The Labute approximate surface area is 140 Å². The summed E-state index contributed by atoms with van der Waals surface area (Å²) >= 11 is 0. The zero-order chi connectivity index (χ0) is 16.7. The van der Waals surface area contributed by atoms with Gasteiger partial charge in [-0.15, -0.1) is 0 Å². The van der Waals surface area contributed by atoms with Crippen molar-refractivity contribution in [3.63, 3.8) is 0 Å². The second-order valence-corrected chi connectivity index (χ2v) is 7.50. The van der Waals surface area contributed by atoms with Gasteiger partial charge in [-0.3, -0.25) is 14.9 Å². The van der Waals surface area contributed by atoms with Gasteiger partial charge in [0, 0.05) is 35.7 Å². The fraction of sp³-hybridized carbons (Fsp3) is 0.611. The average molecular weight is 334 g/mol. The van der Waals surface area contributed by atoms with Crippen LogP contribution in [0.15, 0.2) is 12.1 Å². The van der Waals surface area contributed by atoms with Gasteiger partial charge >= 0.3 is 0 Å². The van der Waals surface area contributed by atoms with Crippen LogP contribution in [0.1, 0.15) is 47.2 Å². The molecule has 24 heavy (non-hydrogen) atoms. The monoisotopic (exact) mass is 334 g/mol. The Bertz CT molecular complexity index is 660. The van der Waals surface area contributed by atoms with Crippen molar-refractivity contribution in [1.82, 2.24) is 10.4 Å². The van der Waals surface area contributed by atoms with E-state index in [1.807, 2.05) is 0 Å². The van der Waals surface area contributed by atoms with Crippen molar-refractivity contribution in [2.45, 2.75) is 44.7 Å². The second-order valence-electron chi connectivity index (χ2n) is 7.50. The lowest BCUT2D eigenvalue weighted by Crippen LogP contribution is -2.52. The van der Waals surface area contributed by atoms with Crippen LogP contribution in [0.25, 0.3) is 0 Å². The van der Waals surface area contributed by atoms with E-state index in [2.05, 4.69) is 4.90 Å². The number of ether oxygens (including phenoxy) is 1. The minimum atomic E-state index is -0.668. The lowest BCUT2D eigenvalue weighted by molar-refractivity contribution is -0.144. The number of carbonyl (C=O) groups excluding carboxylic acids is 1. The number of rotatable bonds is 2. The number of halogens is 1. The number of benzene rings is 1. The van der Waals surface area contributed by atoms with Crippen molar-refractivity contribution in [2.24, 2.45) is 5.41 Å². The minimum Gasteiger partial charge on any atom is -0.380 e. The molecule has 0 unspecified atom stereocenters. The maximum Gasteiger partial charge on any atom is 0.274 e. The lowest BCUT2D eigenvalue weighted by atomic mass is 9.70. The van der Waals surface area contributed by atoms with Gasteiger partial charge in [-0.2, -0.15) is 0 Å². The number of hydrogen-bond donors (Lipinski definition) is 2. The van der Waals surface area contributed by atoms with Crippen LogP contribution in [-0.4, -0.2) is 41.8 Å². The highest BCUT2D eigenvalue weighted by molar-refractivity contribution is 5.93. The first kappa shape index (κ1) is 16.0. The fourth-order valence-electron chi connectivity index (χ4n) is 4.53. The molecule has 3 aliphatic rings. The Hall–Kier alpha value is -1.50. The molecule has 2 heterocycles. The number of fused-ring (bicyclic) bond motifs is 1. The summed E-state index contributed by atoms with van der Waals surface area (Å²) in [6, 6.07) is 3.41. The van der Waals surface area contributed by atoms with Gasteiger partial charge < -0.3 is 4.74 Å². The Kier molecular flexibility index (Phi) is 4.06. The normalized spacial score (nSPS) is 25.8. The van der Waals surface area contributed by atoms with E-state index < -0.39 is 5.91 Å². The number of hydroxylamine groups is 1. The van der Waals surface area contributed by atoms with Crippen molar-refractivity contribution in [3.05, 3.63) is 34.6 Å². The largest absolute Gasteiger partial charge is 0.380 e. The average Bonchev–Trinajstić information content (AvgIpc) is 2.59. The maximum absolute atomic E-state index is 14.5. The first-order valence-corrected chi connectivity index (χ1v) is 8.68. The summed E-state index contributed by atoms with van der Waals surface area (Å²) in [5.74, 6) is -1.02. The maximum atomic E-state index is 14.5. The quantitative estimate of drug-likeness (QED) is 0.643. The molecule has 1 spiro atoms. The van der Waals surface area contributed by atoms with Gasteiger partial charge in [0.1, 0.15) is 5.82 Å². The molecule has 2 N–H and O–H groups in total. The van der Waals surface area contributed by atoms with Gasteiger partial charge in [0.05, 0.1) is 13.2 Å². The highest BCUT2D eigenvalue weighted by Crippen LogP contribution is 2.44. The molecule has 1 saturated carbocycles. The smallest absolute Gasteiger partial charge is 0.274 e. The predicted molar refractivity (Wildman–Crippen MR) is 85.3 cm³/mol. The standard InChI is InChI=1S/C18H23FN2O3/c19-16-7-13(17(22)20-23)6-12-3-5-21(9-15(12)16)14-2-1-4-18(8-14)10-24-11-18/h6-7,14,23H,1-5,8-11H2,(H,20,22)/t14-/m0/s1. The summed E-state index contributed by atoms with van der Waals surface area (Å²) in [7, 11) is 0. The second kappa shape index (κ2) is 6.10. The Morgan fingerprint density at radius 3 is 2.96 bits per heavy atom. The molecule has 1 saturated heterocycles. The third kappa shape index (κ3) is 2.72. The molecule has 2 fully saturated rings. The van der Waals surface area contributed by atoms with E-state index >= 15 is 0 Å². The van der Waals surface area contributed by atoms with E-state index in [1.54, 1.807) is 11.5 Å². The van der Waals surface area contributed by atoms with Crippen LogP contribution in [0.3, 0.4) is 0 Å². The summed E-state index contributed by atoms with van der Waals surface area (Å²) < 4.78 is 19.9. The summed E-state index contributed by atoms with van der Waals surface area (Å²) in [6.45, 7) is 3.24. The summed E-state index contributed by atoms with van der Waals surface area (Å²) in [4.78, 5) is 13.9. The number of nitrogens with zero attached hydrogens (tertiary/aromatic N) is 1. The third-order valence-corrected chi connectivity index (χ3v) is 5.93. The number of amides is 1. The summed E-state index contributed by atoms with van der Waals surface area (Å²) in [5, 5.41) is 8.73. The van der Waals surface area contributed by atoms with Crippen molar-refractivity contribution in [1.29, 1.82) is 0 Å². The van der Waals surface area contributed by atoms with Crippen molar-refractivity contribution >= 4 is 5.91 Å². The van der Waals surface area contributed by atoms with Crippen molar-refractivity contribution in [3.8, 4) is 0 Å². The van der Waals surface area contributed by atoms with E-state index in [-0.39, 0.29) is 11.4 Å². The Balaban J connectivity index is 1.52. The summed E-state index contributed by atoms with van der Waals surface area (Å²) in [5.41, 5.74) is 3.68. The SMILES string of the molecule is O=C(NO)c1cc(F)c2c(c1)CCN([C@H]1CCCC3(COC3)C1)C2. The molecule has 130 valence electrons. The molecule has 5 nitrogen and oxygen atoms in total. The zero-order valence-electron chi connectivity index (χ0n) is 13.7. The van der Waals surface area contributed by atoms with Gasteiger partial charge in [-0.05, 0) is 43.4 Å². The van der Waals surface area contributed by atoms with Crippen molar-refractivity contribution < 1.29 is 19.1 Å². The molecule has 1 amide bonds. The van der Waals surface area contributed by atoms with Crippen LogP contribution >= 0.6 is 0 Å². The van der Waals surface area contributed by atoms with Gasteiger partial charge in [0.15, 0.2) is 0 Å². The Morgan fingerprint density at radius 1 is 1.42 bits per heavy atom. The number of nitrogens with one attached hydrogen (secondary N) is 1. The molecule has 0 radical (unpaired) electrons. The van der Waals surface area contributed by atoms with E-state index in [0.29, 0.717) is 23.6 Å². The molecule has 2 aliphatic heterocycles.